The molecule has 8 nitrogen and oxygen atoms in total. The Morgan fingerprint density at radius 3 is 2.96 bits per heavy atom. The van der Waals surface area contributed by atoms with Crippen LogP contribution >= 0.6 is 11.3 Å². The Bertz CT molecular complexity index is 830. The molecule has 1 fully saturated rings. The summed E-state index contributed by atoms with van der Waals surface area (Å²) in [6.45, 7) is 6.81. The van der Waals surface area contributed by atoms with Crippen LogP contribution in [0.4, 0.5) is 15.6 Å². The van der Waals surface area contributed by atoms with Gasteiger partial charge >= 0.3 is 6.09 Å². The summed E-state index contributed by atoms with van der Waals surface area (Å²) in [5.74, 6) is 0. The molecule has 1 atom stereocenters. The molecule has 0 bridgehead atoms. The van der Waals surface area contributed by atoms with Crippen LogP contribution in [0.15, 0.2) is 18.2 Å². The van der Waals surface area contributed by atoms with Crippen LogP contribution in [-0.4, -0.2) is 40.7 Å². The minimum absolute atomic E-state index is 0.0407. The van der Waals surface area contributed by atoms with Crippen molar-refractivity contribution in [3.8, 4) is 0 Å². The van der Waals surface area contributed by atoms with Crippen LogP contribution < -0.4 is 10.2 Å². The van der Waals surface area contributed by atoms with Gasteiger partial charge in [0, 0.05) is 31.3 Å². The molecule has 1 aliphatic rings. The van der Waals surface area contributed by atoms with Gasteiger partial charge in [-0.25, -0.2) is 9.78 Å². The maximum atomic E-state index is 11.9. The second-order valence-corrected chi connectivity index (χ2v) is 8.29. The van der Waals surface area contributed by atoms with E-state index in [1.54, 1.807) is 6.07 Å². The van der Waals surface area contributed by atoms with E-state index in [1.165, 1.54) is 23.5 Å². The average Bonchev–Trinajstić information content (AvgIpc) is 3.16. The number of nitrogens with one attached hydrogen (secondary N) is 1. The van der Waals surface area contributed by atoms with Crippen LogP contribution in [0.1, 0.15) is 33.6 Å². The number of carbonyl (C=O) groups excluding carboxylic acids is 1. The fraction of sp³-hybridized carbons (Fsp3) is 0.529. The minimum atomic E-state index is -0.527. The van der Waals surface area contributed by atoms with Gasteiger partial charge in [0.05, 0.1) is 15.1 Å². The molecule has 3 rings (SSSR count). The van der Waals surface area contributed by atoms with Crippen LogP contribution in [0, 0.1) is 10.1 Å². The van der Waals surface area contributed by atoms with Crippen molar-refractivity contribution in [3.63, 3.8) is 0 Å². The molecule has 2 aromatic rings. The van der Waals surface area contributed by atoms with Crippen molar-refractivity contribution in [2.24, 2.45) is 0 Å². The molecule has 1 aromatic carbocycles. The Morgan fingerprint density at radius 2 is 2.27 bits per heavy atom. The molecule has 1 N–H and O–H groups in total. The average molecular weight is 378 g/mol. The summed E-state index contributed by atoms with van der Waals surface area (Å²) in [6.07, 6.45) is 1.53. The van der Waals surface area contributed by atoms with Gasteiger partial charge in [-0.3, -0.25) is 10.1 Å². The van der Waals surface area contributed by atoms with Gasteiger partial charge in [-0.2, -0.15) is 0 Å². The summed E-state index contributed by atoms with van der Waals surface area (Å²) in [5, 5.41) is 14.6. The van der Waals surface area contributed by atoms with Crippen molar-refractivity contribution in [1.82, 2.24) is 10.3 Å². The number of alkyl carbamates (subject to hydrolysis) is 1. The predicted octanol–water partition coefficient (Wildman–Crippen LogP) is 3.70. The molecule has 1 amide bonds. The monoisotopic (exact) mass is 378 g/mol. The quantitative estimate of drug-likeness (QED) is 0.643. The summed E-state index contributed by atoms with van der Waals surface area (Å²) < 4.78 is 6.19. The van der Waals surface area contributed by atoms with Crippen LogP contribution in [0.25, 0.3) is 10.2 Å². The van der Waals surface area contributed by atoms with Gasteiger partial charge in [0.1, 0.15) is 5.60 Å². The van der Waals surface area contributed by atoms with Crippen LogP contribution in [0.2, 0.25) is 0 Å². The first kappa shape index (κ1) is 18.4. The zero-order valence-corrected chi connectivity index (χ0v) is 15.8. The third-order valence-electron chi connectivity index (χ3n) is 4.07. The topological polar surface area (TPSA) is 97.6 Å². The SMILES string of the molecule is CC(C)(C)OC(=O)NC[C@@H]1CCCN1c1nc2cc([N+](=O)[O-])ccc2s1. The molecule has 0 aliphatic carbocycles. The maximum Gasteiger partial charge on any atom is 0.407 e. The van der Waals surface area contributed by atoms with Crippen molar-refractivity contribution in [2.75, 3.05) is 18.0 Å². The number of carbonyl (C=O) groups is 1. The van der Waals surface area contributed by atoms with Gasteiger partial charge in [-0.05, 0) is 39.7 Å². The fourth-order valence-electron chi connectivity index (χ4n) is 2.96. The number of benzene rings is 1. The van der Waals surface area contributed by atoms with Gasteiger partial charge in [0.25, 0.3) is 5.69 Å². The lowest BCUT2D eigenvalue weighted by molar-refractivity contribution is -0.384. The minimum Gasteiger partial charge on any atom is -0.444 e. The number of nitrogens with zero attached hydrogens (tertiary/aromatic N) is 3. The van der Waals surface area contributed by atoms with Gasteiger partial charge in [0.2, 0.25) is 0 Å². The number of anilines is 1. The Morgan fingerprint density at radius 1 is 1.50 bits per heavy atom. The summed E-state index contributed by atoms with van der Waals surface area (Å²) in [4.78, 5) is 29.1. The van der Waals surface area contributed by atoms with Gasteiger partial charge in [-0.15, -0.1) is 0 Å². The number of hydrogen-bond donors (Lipinski definition) is 1. The van der Waals surface area contributed by atoms with E-state index in [-0.39, 0.29) is 11.7 Å². The molecule has 2 heterocycles. The molecule has 0 unspecified atom stereocenters. The number of ether oxygens (including phenoxy) is 1. The first-order chi connectivity index (χ1) is 12.2. The van der Waals surface area contributed by atoms with Crippen LogP contribution in [0.5, 0.6) is 0 Å². The third kappa shape index (κ3) is 4.21. The van der Waals surface area contributed by atoms with Crippen molar-refractivity contribution >= 4 is 38.5 Å². The molecule has 0 saturated carbocycles. The van der Waals surface area contributed by atoms with Crippen molar-refractivity contribution in [3.05, 3.63) is 28.3 Å². The number of thiazole rings is 1. The van der Waals surface area contributed by atoms with E-state index in [0.717, 1.165) is 29.2 Å². The van der Waals surface area contributed by atoms with E-state index in [9.17, 15) is 14.9 Å². The zero-order valence-electron chi connectivity index (χ0n) is 15.0. The molecule has 140 valence electrons. The van der Waals surface area contributed by atoms with Gasteiger partial charge in [0.15, 0.2) is 5.13 Å². The lowest BCUT2D eigenvalue weighted by Gasteiger charge is -2.25. The summed E-state index contributed by atoms with van der Waals surface area (Å²) in [5.41, 5.74) is 0.144. The van der Waals surface area contributed by atoms with Crippen LogP contribution in [0.3, 0.4) is 0 Å². The number of hydrogen-bond acceptors (Lipinski definition) is 7. The van der Waals surface area contributed by atoms with E-state index in [2.05, 4.69) is 15.2 Å². The highest BCUT2D eigenvalue weighted by molar-refractivity contribution is 7.22. The number of rotatable bonds is 4. The van der Waals surface area contributed by atoms with E-state index in [4.69, 9.17) is 4.74 Å². The lowest BCUT2D eigenvalue weighted by Crippen LogP contribution is -2.42. The largest absolute Gasteiger partial charge is 0.444 e. The van der Waals surface area contributed by atoms with Gasteiger partial charge in [-0.1, -0.05) is 11.3 Å². The van der Waals surface area contributed by atoms with E-state index >= 15 is 0 Å². The Kier molecular flexibility index (Phi) is 4.99. The third-order valence-corrected chi connectivity index (χ3v) is 5.15. The summed E-state index contributed by atoms with van der Waals surface area (Å²) in [7, 11) is 0. The summed E-state index contributed by atoms with van der Waals surface area (Å²) >= 11 is 1.51. The highest BCUT2D eigenvalue weighted by Crippen LogP contribution is 2.34. The lowest BCUT2D eigenvalue weighted by atomic mass is 10.2. The Labute approximate surface area is 155 Å². The Hall–Kier alpha value is -2.42. The molecule has 26 heavy (non-hydrogen) atoms. The molecule has 0 radical (unpaired) electrons. The number of amides is 1. The van der Waals surface area contributed by atoms with E-state index in [1.807, 2.05) is 20.8 Å². The zero-order chi connectivity index (χ0) is 18.9. The first-order valence-electron chi connectivity index (χ1n) is 8.51. The molecule has 1 aromatic heterocycles. The number of fused-ring (bicyclic) bond motifs is 1. The Balaban J connectivity index is 1.70. The number of nitro benzene ring substituents is 1. The number of nitro groups is 1. The molecule has 1 saturated heterocycles. The van der Waals surface area contributed by atoms with Crippen molar-refractivity contribution < 1.29 is 14.5 Å². The molecular weight excluding hydrogens is 356 g/mol. The molecular formula is C17H22N4O4S. The molecule has 0 spiro atoms. The highest BCUT2D eigenvalue weighted by atomic mass is 32.1. The second kappa shape index (κ2) is 7.06. The van der Waals surface area contributed by atoms with Gasteiger partial charge < -0.3 is 15.0 Å². The predicted molar refractivity (Wildman–Crippen MR) is 101 cm³/mol. The van der Waals surface area contributed by atoms with Crippen molar-refractivity contribution in [1.29, 1.82) is 0 Å². The van der Waals surface area contributed by atoms with E-state index < -0.39 is 16.6 Å². The normalized spacial score (nSPS) is 17.5. The van der Waals surface area contributed by atoms with Crippen LogP contribution in [-0.2, 0) is 4.74 Å². The first-order valence-corrected chi connectivity index (χ1v) is 9.33. The molecule has 9 heteroatoms. The number of non-ortho nitro benzene ring substituents is 1. The molecule has 1 aliphatic heterocycles. The van der Waals surface area contributed by atoms with Crippen molar-refractivity contribution in [2.45, 2.75) is 45.3 Å². The van der Waals surface area contributed by atoms with E-state index in [0.29, 0.717) is 12.1 Å². The summed E-state index contributed by atoms with van der Waals surface area (Å²) in [6, 6.07) is 4.87. The smallest absolute Gasteiger partial charge is 0.407 e. The fourth-order valence-corrected chi connectivity index (χ4v) is 4.00. The standard InChI is InChI=1S/C17H22N4O4S/c1-17(2,3)25-16(22)18-10-12-5-4-8-20(12)15-19-13-9-11(21(23)24)6-7-14(13)26-15/h6-7,9,12H,4-5,8,10H2,1-3H3,(H,18,22)/t12-/m0/s1. The maximum absolute atomic E-state index is 11.9. The number of aromatic nitrogens is 1. The highest BCUT2D eigenvalue weighted by Gasteiger charge is 2.28. The second-order valence-electron chi connectivity index (χ2n) is 7.28.